The van der Waals surface area contributed by atoms with Gasteiger partial charge in [0, 0.05) is 27.5 Å². The van der Waals surface area contributed by atoms with Gasteiger partial charge in [-0.15, -0.1) is 0 Å². The fourth-order valence-corrected chi connectivity index (χ4v) is 5.81. The van der Waals surface area contributed by atoms with Crippen molar-refractivity contribution < 1.29 is 13.7 Å². The minimum atomic E-state index is -0.466. The Hall–Kier alpha value is -4.07. The highest BCUT2D eigenvalue weighted by Gasteiger charge is 2.51. The predicted octanol–water partition coefficient (Wildman–Crippen LogP) is 6.99. The number of nitrogens with zero attached hydrogens (tertiary/aromatic N) is 3. The van der Waals surface area contributed by atoms with E-state index < -0.39 is 18.3 Å². The summed E-state index contributed by atoms with van der Waals surface area (Å²) in [5.74, 6) is 3.22. The van der Waals surface area contributed by atoms with E-state index in [9.17, 15) is 0 Å². The molecule has 5 aromatic rings. The Morgan fingerprint density at radius 2 is 1.51 bits per heavy atom. The van der Waals surface area contributed by atoms with E-state index in [0.29, 0.717) is 29.3 Å². The van der Waals surface area contributed by atoms with E-state index >= 15 is 0 Å². The number of hydrogen-bond acceptors (Lipinski definition) is 6. The predicted molar refractivity (Wildman–Crippen MR) is 162 cm³/mol. The lowest BCUT2D eigenvalue weighted by Gasteiger charge is -2.32. The molecule has 2 aromatic heterocycles. The summed E-state index contributed by atoms with van der Waals surface area (Å²) in [7, 11) is -0.466. The molecule has 3 aliphatic rings. The molecule has 2 fully saturated rings. The third kappa shape index (κ3) is 4.06. The molecule has 1 saturated heterocycles. The average molecular weight is 539 g/mol. The standard InChI is InChI=1S/C34H30BN3O3/c1-33(2)34(3,4)41-35(40-33)24-15-16-27-26(19-24)29-25(11-8-12-28(29)39-27)32-37-30(20-9-6-5-7-10-20)36-31(38-32)22-14-13-21-17-23(21)18-22/h5-16,18-19,21,23H,17H2,1-4H3. The first kappa shape index (κ1) is 24.7. The van der Waals surface area contributed by atoms with Gasteiger partial charge in [0.05, 0.1) is 11.2 Å². The van der Waals surface area contributed by atoms with Gasteiger partial charge < -0.3 is 13.7 Å². The number of hydrogen-bond donors (Lipinski definition) is 0. The van der Waals surface area contributed by atoms with Gasteiger partial charge in [-0.3, -0.25) is 0 Å². The molecule has 2 atom stereocenters. The third-order valence-corrected chi connectivity index (χ3v) is 9.02. The smallest absolute Gasteiger partial charge is 0.456 e. The highest BCUT2D eigenvalue weighted by molar-refractivity contribution is 6.62. The van der Waals surface area contributed by atoms with Crippen LogP contribution in [0.25, 0.3) is 50.3 Å². The monoisotopic (exact) mass is 539 g/mol. The molecule has 6 nitrogen and oxygen atoms in total. The van der Waals surface area contributed by atoms with E-state index in [0.717, 1.165) is 44.1 Å². The van der Waals surface area contributed by atoms with Crippen molar-refractivity contribution in [2.24, 2.45) is 11.8 Å². The number of allylic oxidation sites excluding steroid dienone is 4. The molecule has 7 heteroatoms. The fraction of sp³-hybridized carbons (Fsp3) is 0.265. The highest BCUT2D eigenvalue weighted by Crippen LogP contribution is 2.46. The van der Waals surface area contributed by atoms with Crippen molar-refractivity contribution in [3.8, 4) is 22.8 Å². The van der Waals surface area contributed by atoms with Crippen molar-refractivity contribution in [2.45, 2.75) is 45.3 Å². The molecule has 3 heterocycles. The topological polar surface area (TPSA) is 70.3 Å². The van der Waals surface area contributed by atoms with Crippen LogP contribution in [0.2, 0.25) is 0 Å². The lowest BCUT2D eigenvalue weighted by Crippen LogP contribution is -2.41. The Morgan fingerprint density at radius 1 is 0.756 bits per heavy atom. The normalized spacial score (nSPS) is 22.2. The third-order valence-electron chi connectivity index (χ3n) is 9.02. The molecule has 0 amide bonds. The first-order valence-corrected chi connectivity index (χ1v) is 14.3. The van der Waals surface area contributed by atoms with Crippen LogP contribution >= 0.6 is 0 Å². The molecular weight excluding hydrogens is 509 g/mol. The number of rotatable bonds is 4. The van der Waals surface area contributed by atoms with Crippen molar-refractivity contribution in [1.82, 2.24) is 15.0 Å². The largest absolute Gasteiger partial charge is 0.494 e. The van der Waals surface area contributed by atoms with Gasteiger partial charge in [0.15, 0.2) is 17.5 Å². The summed E-state index contributed by atoms with van der Waals surface area (Å²) in [6.07, 6.45) is 7.96. The van der Waals surface area contributed by atoms with Crippen LogP contribution in [0.1, 0.15) is 39.9 Å². The first-order valence-electron chi connectivity index (χ1n) is 14.3. The summed E-state index contributed by atoms with van der Waals surface area (Å²) in [6, 6.07) is 22.3. The van der Waals surface area contributed by atoms with Crippen LogP contribution in [0.4, 0.5) is 0 Å². The second-order valence-corrected chi connectivity index (χ2v) is 12.3. The summed E-state index contributed by atoms with van der Waals surface area (Å²) >= 11 is 0. The quantitative estimate of drug-likeness (QED) is 0.229. The molecular formula is C34H30BN3O3. The Balaban J connectivity index is 1.31. The Morgan fingerprint density at radius 3 is 2.29 bits per heavy atom. The number of fused-ring (bicyclic) bond motifs is 4. The minimum Gasteiger partial charge on any atom is -0.456 e. The summed E-state index contributed by atoms with van der Waals surface area (Å²) in [5, 5.41) is 1.94. The average Bonchev–Trinajstić information content (AvgIpc) is 3.60. The van der Waals surface area contributed by atoms with Crippen LogP contribution in [0.3, 0.4) is 0 Å². The van der Waals surface area contributed by atoms with E-state index in [1.807, 2.05) is 54.6 Å². The number of aromatic nitrogens is 3. The van der Waals surface area contributed by atoms with Crippen molar-refractivity contribution in [2.75, 3.05) is 0 Å². The van der Waals surface area contributed by atoms with Gasteiger partial charge in [0.1, 0.15) is 11.2 Å². The summed E-state index contributed by atoms with van der Waals surface area (Å²) in [4.78, 5) is 15.0. The van der Waals surface area contributed by atoms with Crippen LogP contribution < -0.4 is 5.46 Å². The molecule has 41 heavy (non-hydrogen) atoms. The van der Waals surface area contributed by atoms with Crippen LogP contribution in [0.15, 0.2) is 89.4 Å². The molecule has 3 aromatic carbocycles. The van der Waals surface area contributed by atoms with Gasteiger partial charge in [-0.05, 0) is 63.5 Å². The zero-order valence-corrected chi connectivity index (χ0v) is 23.6. The maximum absolute atomic E-state index is 6.36. The van der Waals surface area contributed by atoms with Crippen LogP contribution in [0.5, 0.6) is 0 Å². The van der Waals surface area contributed by atoms with Crippen LogP contribution in [-0.2, 0) is 9.31 Å². The van der Waals surface area contributed by atoms with Gasteiger partial charge >= 0.3 is 7.12 Å². The number of furan rings is 1. The Kier molecular flexibility index (Phi) is 5.25. The molecule has 1 aliphatic heterocycles. The number of benzene rings is 3. The Bertz CT molecular complexity index is 1890. The van der Waals surface area contributed by atoms with E-state index in [1.165, 1.54) is 6.42 Å². The van der Waals surface area contributed by atoms with Crippen molar-refractivity contribution in [1.29, 1.82) is 0 Å². The van der Waals surface area contributed by atoms with Crippen LogP contribution in [-0.4, -0.2) is 33.3 Å². The molecule has 202 valence electrons. The summed E-state index contributed by atoms with van der Waals surface area (Å²) in [5.41, 5.74) is 4.59. The molecule has 0 spiro atoms. The molecule has 2 unspecified atom stereocenters. The lowest BCUT2D eigenvalue weighted by molar-refractivity contribution is 0.00578. The minimum absolute atomic E-state index is 0.423. The van der Waals surface area contributed by atoms with E-state index in [2.05, 4.69) is 58.1 Å². The van der Waals surface area contributed by atoms with Crippen molar-refractivity contribution >= 4 is 40.1 Å². The maximum atomic E-state index is 6.36. The molecule has 0 bridgehead atoms. The van der Waals surface area contributed by atoms with Gasteiger partial charge in [-0.2, -0.15) is 0 Å². The lowest BCUT2D eigenvalue weighted by atomic mass is 9.78. The zero-order valence-electron chi connectivity index (χ0n) is 23.6. The SMILES string of the molecule is CC1(C)OB(c2ccc3oc4cccc(-c5nc(C6=CC7CC7C=C6)nc(-c6ccccc6)n5)c4c3c2)OC1(C)C. The molecule has 1 saturated carbocycles. The molecule has 2 aliphatic carbocycles. The van der Waals surface area contributed by atoms with Gasteiger partial charge in [-0.1, -0.05) is 72.8 Å². The van der Waals surface area contributed by atoms with Gasteiger partial charge in [-0.25, -0.2) is 15.0 Å². The molecule has 0 N–H and O–H groups in total. The maximum Gasteiger partial charge on any atom is 0.494 e. The van der Waals surface area contributed by atoms with Crippen molar-refractivity contribution in [3.05, 3.63) is 90.8 Å². The van der Waals surface area contributed by atoms with E-state index in [1.54, 1.807) is 0 Å². The molecule has 0 radical (unpaired) electrons. The van der Waals surface area contributed by atoms with Gasteiger partial charge in [0.25, 0.3) is 0 Å². The summed E-state index contributed by atoms with van der Waals surface area (Å²) < 4.78 is 19.0. The second kappa shape index (κ2) is 8.72. The van der Waals surface area contributed by atoms with E-state index in [-0.39, 0.29) is 0 Å². The zero-order chi connectivity index (χ0) is 27.9. The van der Waals surface area contributed by atoms with Crippen molar-refractivity contribution in [3.63, 3.8) is 0 Å². The Labute approximate surface area is 239 Å². The summed E-state index contributed by atoms with van der Waals surface area (Å²) in [6.45, 7) is 8.28. The fourth-order valence-electron chi connectivity index (χ4n) is 5.81. The second-order valence-electron chi connectivity index (χ2n) is 12.3. The first-order chi connectivity index (χ1) is 19.8. The molecule has 8 rings (SSSR count). The van der Waals surface area contributed by atoms with Gasteiger partial charge in [0.2, 0.25) is 0 Å². The van der Waals surface area contributed by atoms with Crippen LogP contribution in [0, 0.1) is 11.8 Å². The van der Waals surface area contributed by atoms with E-state index in [4.69, 9.17) is 28.7 Å². The highest BCUT2D eigenvalue weighted by atomic mass is 16.7.